The number of amides is 1. The van der Waals surface area contributed by atoms with Crippen LogP contribution in [0.4, 0.5) is 0 Å². The third-order valence-corrected chi connectivity index (χ3v) is 3.07. The van der Waals surface area contributed by atoms with E-state index in [1.807, 2.05) is 11.4 Å². The third kappa shape index (κ3) is 4.16. The Morgan fingerprint density at radius 2 is 2.29 bits per heavy atom. The van der Waals surface area contributed by atoms with Crippen molar-refractivity contribution >= 4 is 23.2 Å². The summed E-state index contributed by atoms with van der Waals surface area (Å²) in [5.74, 6) is -1.18. The number of hydrogen-bond donors (Lipinski definition) is 2. The molecule has 2 N–H and O–H groups in total. The molecule has 0 aromatic carbocycles. The average molecular weight is 257 g/mol. The van der Waals surface area contributed by atoms with Crippen molar-refractivity contribution in [3.05, 3.63) is 21.9 Å². The molecule has 0 aliphatic rings. The molecule has 0 aliphatic heterocycles. The molecule has 1 heterocycles. The van der Waals surface area contributed by atoms with Gasteiger partial charge >= 0.3 is 5.97 Å². The van der Waals surface area contributed by atoms with Crippen molar-refractivity contribution in [2.24, 2.45) is 0 Å². The second-order valence-electron chi connectivity index (χ2n) is 3.68. The van der Waals surface area contributed by atoms with Crippen molar-refractivity contribution in [3.8, 4) is 0 Å². The lowest BCUT2D eigenvalue weighted by molar-refractivity contribution is -0.137. The quantitative estimate of drug-likeness (QED) is 0.809. The van der Waals surface area contributed by atoms with E-state index in [0.717, 1.165) is 5.56 Å². The van der Waals surface area contributed by atoms with E-state index >= 15 is 0 Å². The molecular weight excluding hydrogens is 242 g/mol. The smallest absolute Gasteiger partial charge is 0.305 e. The van der Waals surface area contributed by atoms with Crippen LogP contribution in [0, 0.1) is 0 Å². The van der Waals surface area contributed by atoms with E-state index in [0.29, 0.717) is 11.5 Å². The first-order valence-corrected chi connectivity index (χ1v) is 6.00. The van der Waals surface area contributed by atoms with E-state index in [4.69, 9.17) is 9.84 Å². The Morgan fingerprint density at radius 1 is 1.59 bits per heavy atom. The zero-order valence-electron chi connectivity index (χ0n) is 9.73. The Hall–Kier alpha value is -1.40. The van der Waals surface area contributed by atoms with Gasteiger partial charge in [-0.1, -0.05) is 0 Å². The van der Waals surface area contributed by atoms with Gasteiger partial charge in [0, 0.05) is 18.7 Å². The number of carbonyl (C=O) groups excluding carboxylic acids is 1. The van der Waals surface area contributed by atoms with Crippen LogP contribution in [0.5, 0.6) is 0 Å². The van der Waals surface area contributed by atoms with Gasteiger partial charge in [0.2, 0.25) is 0 Å². The minimum Gasteiger partial charge on any atom is -0.481 e. The Morgan fingerprint density at radius 3 is 2.88 bits per heavy atom. The number of carboxylic acid groups (broad SMARTS) is 1. The van der Waals surface area contributed by atoms with E-state index in [2.05, 4.69) is 5.32 Å². The Labute approximate surface area is 103 Å². The molecule has 5 nitrogen and oxygen atoms in total. The summed E-state index contributed by atoms with van der Waals surface area (Å²) in [6.45, 7) is 2.04. The van der Waals surface area contributed by atoms with E-state index < -0.39 is 12.0 Å². The summed E-state index contributed by atoms with van der Waals surface area (Å²) >= 11 is 1.32. The molecule has 0 fully saturated rings. The fourth-order valence-corrected chi connectivity index (χ4v) is 2.22. The minimum atomic E-state index is -0.930. The fraction of sp³-hybridized carbons (Fsp3) is 0.455. The predicted molar refractivity (Wildman–Crippen MR) is 64.2 cm³/mol. The van der Waals surface area contributed by atoms with Gasteiger partial charge in [-0.2, -0.15) is 0 Å². The van der Waals surface area contributed by atoms with Crippen molar-refractivity contribution in [1.29, 1.82) is 0 Å². The Bertz CT molecular complexity index is 402. The highest BCUT2D eigenvalue weighted by atomic mass is 32.1. The van der Waals surface area contributed by atoms with Crippen LogP contribution in [0.1, 0.15) is 28.6 Å². The van der Waals surface area contributed by atoms with E-state index in [1.165, 1.54) is 11.3 Å². The molecule has 1 aromatic heterocycles. The SMILES string of the molecule is COCc1ccsc1C(=O)NC(C)CC(=O)O. The van der Waals surface area contributed by atoms with Crippen molar-refractivity contribution in [2.45, 2.75) is 26.0 Å². The number of hydrogen-bond acceptors (Lipinski definition) is 4. The zero-order valence-corrected chi connectivity index (χ0v) is 10.5. The molecule has 17 heavy (non-hydrogen) atoms. The summed E-state index contributed by atoms with van der Waals surface area (Å²) in [5, 5.41) is 13.1. The maximum absolute atomic E-state index is 11.8. The van der Waals surface area contributed by atoms with Crippen molar-refractivity contribution < 1.29 is 19.4 Å². The van der Waals surface area contributed by atoms with Gasteiger partial charge in [0.1, 0.15) is 0 Å². The van der Waals surface area contributed by atoms with Gasteiger partial charge in [-0.15, -0.1) is 11.3 Å². The van der Waals surface area contributed by atoms with Gasteiger partial charge < -0.3 is 15.2 Å². The third-order valence-electron chi connectivity index (χ3n) is 2.11. The first kappa shape index (κ1) is 13.7. The number of nitrogens with one attached hydrogen (secondary N) is 1. The lowest BCUT2D eigenvalue weighted by Crippen LogP contribution is -2.34. The van der Waals surface area contributed by atoms with Gasteiger partial charge in [-0.05, 0) is 18.4 Å². The van der Waals surface area contributed by atoms with Gasteiger partial charge in [0.15, 0.2) is 0 Å². The molecular formula is C11H15NO4S. The molecule has 0 spiro atoms. The van der Waals surface area contributed by atoms with Crippen molar-refractivity contribution in [3.63, 3.8) is 0 Å². The molecule has 94 valence electrons. The summed E-state index contributed by atoms with van der Waals surface area (Å²) in [7, 11) is 1.56. The summed E-state index contributed by atoms with van der Waals surface area (Å²) in [6.07, 6.45) is -0.0866. The van der Waals surface area contributed by atoms with E-state index in [-0.39, 0.29) is 12.3 Å². The van der Waals surface area contributed by atoms with Gasteiger partial charge in [0.05, 0.1) is 17.9 Å². The first-order chi connectivity index (χ1) is 8.04. The molecule has 1 atom stereocenters. The highest BCUT2D eigenvalue weighted by Gasteiger charge is 2.16. The lowest BCUT2D eigenvalue weighted by atomic mass is 10.2. The summed E-state index contributed by atoms with van der Waals surface area (Å²) in [5.41, 5.74) is 0.817. The number of rotatable bonds is 6. The van der Waals surface area contributed by atoms with Crippen molar-refractivity contribution in [2.75, 3.05) is 7.11 Å². The molecule has 0 saturated heterocycles. The second kappa shape index (κ2) is 6.36. The highest BCUT2D eigenvalue weighted by molar-refractivity contribution is 7.12. The average Bonchev–Trinajstić information content (AvgIpc) is 2.64. The molecule has 1 aromatic rings. The van der Waals surface area contributed by atoms with E-state index in [9.17, 15) is 9.59 Å². The summed E-state index contributed by atoms with van der Waals surface area (Å²) in [4.78, 5) is 22.9. The maximum atomic E-state index is 11.8. The van der Waals surface area contributed by atoms with Crippen LogP contribution in [-0.2, 0) is 16.1 Å². The molecule has 0 bridgehead atoms. The van der Waals surface area contributed by atoms with Crippen LogP contribution in [0.2, 0.25) is 0 Å². The van der Waals surface area contributed by atoms with Crippen LogP contribution < -0.4 is 5.32 Å². The molecule has 0 saturated carbocycles. The molecule has 0 aliphatic carbocycles. The van der Waals surface area contributed by atoms with Crippen LogP contribution in [0.15, 0.2) is 11.4 Å². The maximum Gasteiger partial charge on any atom is 0.305 e. The number of carboxylic acids is 1. The Balaban J connectivity index is 2.63. The lowest BCUT2D eigenvalue weighted by Gasteiger charge is -2.11. The van der Waals surface area contributed by atoms with Crippen LogP contribution >= 0.6 is 11.3 Å². The van der Waals surface area contributed by atoms with Crippen LogP contribution in [0.3, 0.4) is 0 Å². The van der Waals surface area contributed by atoms with Gasteiger partial charge in [0.25, 0.3) is 5.91 Å². The summed E-state index contributed by atoms with van der Waals surface area (Å²) < 4.78 is 4.98. The molecule has 1 unspecified atom stereocenters. The molecule has 1 amide bonds. The number of carbonyl (C=O) groups is 2. The number of thiophene rings is 1. The minimum absolute atomic E-state index is 0.0866. The second-order valence-corrected chi connectivity index (χ2v) is 4.60. The van der Waals surface area contributed by atoms with Crippen LogP contribution in [-0.4, -0.2) is 30.1 Å². The standard InChI is InChI=1S/C11H15NO4S/c1-7(5-9(13)14)12-11(15)10-8(6-16-2)3-4-17-10/h3-4,7H,5-6H2,1-2H3,(H,12,15)(H,13,14). The predicted octanol–water partition coefficient (Wildman–Crippen LogP) is 1.49. The topological polar surface area (TPSA) is 75.6 Å². The molecule has 1 rings (SSSR count). The number of ether oxygens (including phenoxy) is 1. The number of aliphatic carboxylic acids is 1. The number of methoxy groups -OCH3 is 1. The van der Waals surface area contributed by atoms with E-state index in [1.54, 1.807) is 14.0 Å². The largest absolute Gasteiger partial charge is 0.481 e. The summed E-state index contributed by atoms with van der Waals surface area (Å²) in [6, 6.07) is 1.43. The normalized spacial score (nSPS) is 12.1. The van der Waals surface area contributed by atoms with Gasteiger partial charge in [-0.25, -0.2) is 0 Å². The first-order valence-electron chi connectivity index (χ1n) is 5.12. The fourth-order valence-electron chi connectivity index (χ4n) is 1.41. The zero-order chi connectivity index (χ0) is 12.8. The molecule has 0 radical (unpaired) electrons. The Kier molecular flexibility index (Phi) is 5.11. The van der Waals surface area contributed by atoms with Crippen LogP contribution in [0.25, 0.3) is 0 Å². The van der Waals surface area contributed by atoms with Crippen molar-refractivity contribution in [1.82, 2.24) is 5.32 Å². The monoisotopic (exact) mass is 257 g/mol. The van der Waals surface area contributed by atoms with Gasteiger partial charge in [-0.3, -0.25) is 9.59 Å². The molecule has 6 heteroatoms. The highest BCUT2D eigenvalue weighted by Crippen LogP contribution is 2.17.